The highest BCUT2D eigenvalue weighted by Gasteiger charge is 2.12. The Balaban J connectivity index is 2.68. The van der Waals surface area contributed by atoms with Crippen molar-refractivity contribution in [3.05, 3.63) is 46.0 Å². The fourth-order valence-corrected chi connectivity index (χ4v) is 1.91. The van der Waals surface area contributed by atoms with Crippen molar-refractivity contribution in [2.75, 3.05) is 20.2 Å². The molecule has 7 heteroatoms. The molecule has 0 unspecified atom stereocenters. The lowest BCUT2D eigenvalue weighted by molar-refractivity contribution is -0.384. The van der Waals surface area contributed by atoms with Crippen LogP contribution in [-0.4, -0.2) is 41.9 Å². The van der Waals surface area contributed by atoms with Crippen LogP contribution in [0.3, 0.4) is 0 Å². The number of carbonyl (C=O) groups excluding carboxylic acids is 2. The molecule has 1 aromatic rings. The Labute approximate surface area is 134 Å². The molecule has 1 amide bonds. The number of methoxy groups -OCH3 is 1. The van der Waals surface area contributed by atoms with Crippen LogP contribution in [0.2, 0.25) is 0 Å². The number of nitro groups is 1. The van der Waals surface area contributed by atoms with Gasteiger partial charge in [-0.15, -0.1) is 0 Å². The average Bonchev–Trinajstić information content (AvgIpc) is 2.56. The first-order chi connectivity index (χ1) is 11.0. The first-order valence-corrected chi connectivity index (χ1v) is 7.26. The first kappa shape index (κ1) is 18.3. The molecule has 0 saturated carbocycles. The van der Waals surface area contributed by atoms with Crippen LogP contribution < -0.4 is 0 Å². The van der Waals surface area contributed by atoms with E-state index in [1.54, 1.807) is 23.1 Å². The Bertz CT molecular complexity index is 581. The number of amides is 1. The molecule has 0 spiro atoms. The van der Waals surface area contributed by atoms with Gasteiger partial charge in [-0.3, -0.25) is 19.7 Å². The van der Waals surface area contributed by atoms with Gasteiger partial charge in [-0.2, -0.15) is 0 Å². The van der Waals surface area contributed by atoms with E-state index in [4.69, 9.17) is 0 Å². The Morgan fingerprint density at radius 3 is 2.43 bits per heavy atom. The number of rotatable bonds is 8. The molecule has 1 aromatic carbocycles. The molecule has 0 aliphatic heterocycles. The molecular weight excluding hydrogens is 300 g/mol. The summed E-state index contributed by atoms with van der Waals surface area (Å²) >= 11 is 0. The minimum absolute atomic E-state index is 0.000774. The molecule has 0 atom stereocenters. The van der Waals surface area contributed by atoms with E-state index in [0.717, 1.165) is 6.42 Å². The van der Waals surface area contributed by atoms with Crippen molar-refractivity contribution in [2.45, 2.75) is 19.8 Å². The minimum Gasteiger partial charge on any atom is -0.469 e. The maximum atomic E-state index is 12.2. The van der Waals surface area contributed by atoms with Gasteiger partial charge in [0, 0.05) is 31.3 Å². The van der Waals surface area contributed by atoms with Gasteiger partial charge in [0.25, 0.3) is 5.69 Å². The molecule has 0 heterocycles. The van der Waals surface area contributed by atoms with E-state index in [2.05, 4.69) is 4.74 Å². The van der Waals surface area contributed by atoms with Gasteiger partial charge in [0.2, 0.25) is 5.91 Å². The molecule has 0 aromatic heterocycles. The van der Waals surface area contributed by atoms with Crippen molar-refractivity contribution in [1.29, 1.82) is 0 Å². The summed E-state index contributed by atoms with van der Waals surface area (Å²) < 4.78 is 4.57. The quantitative estimate of drug-likeness (QED) is 0.317. The summed E-state index contributed by atoms with van der Waals surface area (Å²) in [7, 11) is 1.31. The zero-order valence-electron chi connectivity index (χ0n) is 13.2. The molecule has 0 saturated heterocycles. The smallest absolute Gasteiger partial charge is 0.307 e. The number of esters is 1. The number of benzene rings is 1. The van der Waals surface area contributed by atoms with Gasteiger partial charge >= 0.3 is 5.97 Å². The second-order valence-corrected chi connectivity index (χ2v) is 4.83. The van der Waals surface area contributed by atoms with Gasteiger partial charge in [0.15, 0.2) is 0 Å². The number of nitro benzene ring substituents is 1. The maximum absolute atomic E-state index is 12.2. The van der Waals surface area contributed by atoms with Gasteiger partial charge in [0.1, 0.15) is 0 Å². The molecule has 0 bridgehead atoms. The van der Waals surface area contributed by atoms with Crippen molar-refractivity contribution < 1.29 is 19.2 Å². The summed E-state index contributed by atoms with van der Waals surface area (Å²) in [5, 5.41) is 10.6. The van der Waals surface area contributed by atoms with Crippen molar-refractivity contribution in [3.8, 4) is 0 Å². The van der Waals surface area contributed by atoms with E-state index >= 15 is 0 Å². The second kappa shape index (κ2) is 9.34. The Kier molecular flexibility index (Phi) is 7.45. The summed E-state index contributed by atoms with van der Waals surface area (Å²) in [6, 6.07) is 5.90. The lowest BCUT2D eigenvalue weighted by Gasteiger charge is -2.19. The van der Waals surface area contributed by atoms with Crippen LogP contribution in [0.1, 0.15) is 25.3 Å². The monoisotopic (exact) mass is 320 g/mol. The highest BCUT2D eigenvalue weighted by atomic mass is 16.6. The molecule has 0 aliphatic rings. The van der Waals surface area contributed by atoms with Gasteiger partial charge in [-0.05, 0) is 30.2 Å². The van der Waals surface area contributed by atoms with E-state index in [1.165, 1.54) is 25.3 Å². The van der Waals surface area contributed by atoms with Crippen LogP contribution >= 0.6 is 0 Å². The minimum atomic E-state index is -0.478. The largest absolute Gasteiger partial charge is 0.469 e. The van der Waals surface area contributed by atoms with Crippen molar-refractivity contribution in [2.24, 2.45) is 0 Å². The van der Waals surface area contributed by atoms with Crippen LogP contribution in [0.25, 0.3) is 6.08 Å². The highest BCUT2D eigenvalue weighted by molar-refractivity contribution is 5.92. The molecule has 124 valence electrons. The standard InChI is InChI=1S/C16H20N2O5/c1-3-11-17(12-10-16(20)23-2)15(19)9-6-13-4-7-14(8-5-13)18(21)22/h4-9H,3,10-12H2,1-2H3/b9-6+. The first-order valence-electron chi connectivity index (χ1n) is 7.26. The molecular formula is C16H20N2O5. The Morgan fingerprint density at radius 2 is 1.91 bits per heavy atom. The number of hydrogen-bond donors (Lipinski definition) is 0. The lowest BCUT2D eigenvalue weighted by atomic mass is 10.2. The van der Waals surface area contributed by atoms with Crippen LogP contribution in [-0.2, 0) is 14.3 Å². The van der Waals surface area contributed by atoms with Crippen LogP contribution in [0.15, 0.2) is 30.3 Å². The molecule has 7 nitrogen and oxygen atoms in total. The summed E-state index contributed by atoms with van der Waals surface area (Å²) in [4.78, 5) is 35.0. The van der Waals surface area contributed by atoms with Gasteiger partial charge in [-0.1, -0.05) is 6.92 Å². The third-order valence-corrected chi connectivity index (χ3v) is 3.14. The average molecular weight is 320 g/mol. The summed E-state index contributed by atoms with van der Waals surface area (Å²) in [5.41, 5.74) is 0.688. The van der Waals surface area contributed by atoms with E-state index in [9.17, 15) is 19.7 Å². The highest BCUT2D eigenvalue weighted by Crippen LogP contribution is 2.13. The molecule has 0 fully saturated rings. The van der Waals surface area contributed by atoms with Gasteiger partial charge < -0.3 is 9.64 Å². The van der Waals surface area contributed by atoms with Crippen molar-refractivity contribution in [1.82, 2.24) is 4.90 Å². The third kappa shape index (κ3) is 6.29. The van der Waals surface area contributed by atoms with Gasteiger partial charge in [0.05, 0.1) is 18.5 Å². The molecule has 0 radical (unpaired) electrons. The lowest BCUT2D eigenvalue weighted by Crippen LogP contribution is -2.32. The van der Waals surface area contributed by atoms with Crippen LogP contribution in [0.4, 0.5) is 5.69 Å². The van der Waals surface area contributed by atoms with Gasteiger partial charge in [-0.25, -0.2) is 0 Å². The second-order valence-electron chi connectivity index (χ2n) is 4.83. The zero-order valence-corrected chi connectivity index (χ0v) is 13.2. The molecule has 0 aliphatic carbocycles. The van der Waals surface area contributed by atoms with E-state index in [-0.39, 0.29) is 24.0 Å². The summed E-state index contributed by atoms with van der Waals surface area (Å²) in [5.74, 6) is -0.577. The molecule has 1 rings (SSSR count). The van der Waals surface area contributed by atoms with Crippen LogP contribution in [0.5, 0.6) is 0 Å². The topological polar surface area (TPSA) is 89.8 Å². The predicted octanol–water partition coefficient (Wildman–Crippen LogP) is 2.41. The number of carbonyl (C=O) groups is 2. The van der Waals surface area contributed by atoms with Crippen LogP contribution in [0, 0.1) is 10.1 Å². The predicted molar refractivity (Wildman–Crippen MR) is 85.6 cm³/mol. The number of ether oxygens (including phenoxy) is 1. The van der Waals surface area contributed by atoms with E-state index in [0.29, 0.717) is 18.7 Å². The van der Waals surface area contributed by atoms with E-state index < -0.39 is 4.92 Å². The number of nitrogens with zero attached hydrogens (tertiary/aromatic N) is 2. The molecule has 0 N–H and O–H groups in total. The van der Waals surface area contributed by atoms with Crippen molar-refractivity contribution >= 4 is 23.6 Å². The fourth-order valence-electron chi connectivity index (χ4n) is 1.91. The number of non-ortho nitro benzene ring substituents is 1. The van der Waals surface area contributed by atoms with Crippen molar-refractivity contribution in [3.63, 3.8) is 0 Å². The maximum Gasteiger partial charge on any atom is 0.307 e. The molecule has 23 heavy (non-hydrogen) atoms. The fraction of sp³-hybridized carbons (Fsp3) is 0.375. The SMILES string of the molecule is CCCN(CCC(=O)OC)C(=O)/C=C/c1ccc([N+](=O)[O-])cc1. The normalized spacial score (nSPS) is 10.5. The number of hydrogen-bond acceptors (Lipinski definition) is 5. The summed E-state index contributed by atoms with van der Waals surface area (Å²) in [6.45, 7) is 2.78. The van der Waals surface area contributed by atoms with E-state index in [1.807, 2.05) is 6.92 Å². The third-order valence-electron chi connectivity index (χ3n) is 3.14. The Hall–Kier alpha value is -2.70. The Morgan fingerprint density at radius 1 is 1.26 bits per heavy atom. The zero-order chi connectivity index (χ0) is 17.2. The summed E-state index contributed by atoms with van der Waals surface area (Å²) in [6.07, 6.45) is 3.91.